The van der Waals surface area contributed by atoms with Gasteiger partial charge in [0.05, 0.1) is 23.0 Å². The van der Waals surface area contributed by atoms with Crippen LogP contribution >= 0.6 is 11.8 Å². The Morgan fingerprint density at radius 3 is 2.65 bits per heavy atom. The molecule has 0 bridgehead atoms. The fourth-order valence-corrected chi connectivity index (χ4v) is 4.66. The van der Waals surface area contributed by atoms with E-state index < -0.39 is 29.0 Å². The lowest BCUT2D eigenvalue weighted by Gasteiger charge is -2.44. The molecular formula is C19H21N3O8S. The van der Waals surface area contributed by atoms with E-state index in [1.807, 2.05) is 0 Å². The van der Waals surface area contributed by atoms with Gasteiger partial charge in [-0.05, 0) is 24.6 Å². The van der Waals surface area contributed by atoms with Gasteiger partial charge in [0.15, 0.2) is 0 Å². The third-order valence-electron chi connectivity index (χ3n) is 5.06. The summed E-state index contributed by atoms with van der Waals surface area (Å²) in [6, 6.07) is 5.28. The summed E-state index contributed by atoms with van der Waals surface area (Å²) in [5, 5.41) is 32.4. The molecule has 2 heterocycles. The maximum absolute atomic E-state index is 12.2. The first-order valence-electron chi connectivity index (χ1n) is 9.45. The van der Waals surface area contributed by atoms with Gasteiger partial charge in [-0.3, -0.25) is 14.9 Å². The van der Waals surface area contributed by atoms with Gasteiger partial charge in [-0.25, -0.2) is 9.59 Å². The lowest BCUT2D eigenvalue weighted by atomic mass is 9.83. The molecule has 2 amide bonds. The summed E-state index contributed by atoms with van der Waals surface area (Å²) in [6.45, 7) is 1.67. The van der Waals surface area contributed by atoms with Crippen LogP contribution in [0.25, 0.3) is 0 Å². The lowest BCUT2D eigenvalue weighted by molar-refractivity contribution is -0.384. The second-order valence-electron chi connectivity index (χ2n) is 7.10. The molecule has 2 aliphatic rings. The first kappa shape index (κ1) is 22.6. The van der Waals surface area contributed by atoms with Gasteiger partial charge in [0, 0.05) is 35.8 Å². The predicted molar refractivity (Wildman–Crippen MR) is 109 cm³/mol. The summed E-state index contributed by atoms with van der Waals surface area (Å²) in [5.74, 6) is -1.81. The van der Waals surface area contributed by atoms with Gasteiger partial charge in [-0.2, -0.15) is 0 Å². The fourth-order valence-electron chi connectivity index (χ4n) is 3.60. The van der Waals surface area contributed by atoms with Crippen molar-refractivity contribution in [2.24, 2.45) is 5.92 Å². The molecule has 0 saturated carbocycles. The number of carbonyl (C=O) groups excluding carboxylic acids is 2. The van der Waals surface area contributed by atoms with Crippen molar-refractivity contribution in [3.63, 3.8) is 0 Å². The van der Waals surface area contributed by atoms with Crippen LogP contribution in [0.15, 0.2) is 34.9 Å². The van der Waals surface area contributed by atoms with Gasteiger partial charge in [-0.1, -0.05) is 0 Å². The van der Waals surface area contributed by atoms with Crippen LogP contribution < -0.4 is 5.32 Å². The molecule has 11 nitrogen and oxygen atoms in total. The average Bonchev–Trinajstić information content (AvgIpc) is 3.04. The summed E-state index contributed by atoms with van der Waals surface area (Å²) in [4.78, 5) is 47.4. The number of nitrogens with zero attached hydrogens (tertiary/aromatic N) is 2. The van der Waals surface area contributed by atoms with Gasteiger partial charge in [0.2, 0.25) is 5.91 Å². The monoisotopic (exact) mass is 451 g/mol. The Hall–Kier alpha value is -3.12. The number of hydrogen-bond acceptors (Lipinski definition) is 8. The Morgan fingerprint density at radius 2 is 2.06 bits per heavy atom. The number of carboxylic acids is 1. The Labute approximate surface area is 181 Å². The topological polar surface area (TPSA) is 159 Å². The van der Waals surface area contributed by atoms with Crippen molar-refractivity contribution in [3.05, 3.63) is 50.5 Å². The molecule has 0 spiro atoms. The van der Waals surface area contributed by atoms with E-state index in [2.05, 4.69) is 5.32 Å². The van der Waals surface area contributed by atoms with E-state index in [4.69, 9.17) is 4.74 Å². The van der Waals surface area contributed by atoms with Crippen molar-refractivity contribution in [3.8, 4) is 0 Å². The molecular weight excluding hydrogens is 430 g/mol. The van der Waals surface area contributed by atoms with Crippen LogP contribution in [0.5, 0.6) is 0 Å². The number of aliphatic carboxylic acids is 1. The van der Waals surface area contributed by atoms with Crippen molar-refractivity contribution >= 4 is 35.4 Å². The van der Waals surface area contributed by atoms with Crippen LogP contribution in [-0.4, -0.2) is 62.4 Å². The van der Waals surface area contributed by atoms with Crippen molar-refractivity contribution in [2.75, 3.05) is 12.3 Å². The molecule has 2 aliphatic heterocycles. The van der Waals surface area contributed by atoms with Crippen LogP contribution in [0.1, 0.15) is 18.9 Å². The van der Waals surface area contributed by atoms with Gasteiger partial charge in [0.1, 0.15) is 12.3 Å². The molecule has 1 unspecified atom stereocenters. The number of rotatable bonds is 9. The van der Waals surface area contributed by atoms with Crippen molar-refractivity contribution in [1.82, 2.24) is 10.2 Å². The number of benzene rings is 1. The number of fused-ring (bicyclic) bond motifs is 1. The molecule has 3 N–H and O–H groups in total. The first-order valence-corrected chi connectivity index (χ1v) is 10.4. The van der Waals surface area contributed by atoms with Crippen LogP contribution in [0.3, 0.4) is 0 Å². The molecule has 1 aromatic carbocycles. The summed E-state index contributed by atoms with van der Waals surface area (Å²) >= 11 is 1.23. The van der Waals surface area contributed by atoms with Crippen molar-refractivity contribution in [1.29, 1.82) is 0 Å². The Balaban J connectivity index is 1.44. The number of carboxylic acid groups (broad SMARTS) is 1. The van der Waals surface area contributed by atoms with Crippen molar-refractivity contribution < 1.29 is 34.3 Å². The zero-order valence-electron chi connectivity index (χ0n) is 16.5. The zero-order chi connectivity index (χ0) is 22.7. The summed E-state index contributed by atoms with van der Waals surface area (Å²) in [6.07, 6.45) is -1.16. The van der Waals surface area contributed by atoms with Crippen LogP contribution in [0.4, 0.5) is 10.5 Å². The number of aliphatic hydroxyl groups excluding tert-OH is 1. The first-order chi connectivity index (χ1) is 14.7. The highest BCUT2D eigenvalue weighted by Gasteiger charge is 2.56. The quantitative estimate of drug-likeness (QED) is 0.219. The zero-order valence-corrected chi connectivity index (χ0v) is 17.3. The molecule has 1 aromatic rings. The summed E-state index contributed by atoms with van der Waals surface area (Å²) in [5.41, 5.74) is 0.482. The smallest absolute Gasteiger partial charge is 0.407 e. The van der Waals surface area contributed by atoms with Gasteiger partial charge in [-0.15, -0.1) is 11.8 Å². The Bertz CT molecular complexity index is 931. The number of β-lactam (4-membered cyclic amide) rings is 1. The Kier molecular flexibility index (Phi) is 6.81. The molecule has 3 rings (SSSR count). The number of non-ortho nitro benzene ring substituents is 1. The van der Waals surface area contributed by atoms with E-state index in [1.165, 1.54) is 47.9 Å². The second kappa shape index (κ2) is 9.35. The molecule has 0 aromatic heterocycles. The number of nitro groups is 1. The second-order valence-corrected chi connectivity index (χ2v) is 8.29. The number of hydrogen-bond donors (Lipinski definition) is 3. The minimum absolute atomic E-state index is 0.0508. The van der Waals surface area contributed by atoms with E-state index in [0.29, 0.717) is 22.6 Å². The number of nitrogens with one attached hydrogen (secondary N) is 1. The van der Waals surface area contributed by atoms with Gasteiger partial charge in [0.25, 0.3) is 5.69 Å². The normalized spacial score (nSPS) is 20.7. The molecule has 1 saturated heterocycles. The number of carbonyl (C=O) groups is 3. The molecule has 12 heteroatoms. The lowest BCUT2D eigenvalue weighted by Crippen LogP contribution is -2.61. The Morgan fingerprint density at radius 1 is 1.39 bits per heavy atom. The van der Waals surface area contributed by atoms with E-state index in [9.17, 15) is 34.7 Å². The minimum Gasteiger partial charge on any atom is -0.477 e. The highest BCUT2D eigenvalue weighted by Crippen LogP contribution is 2.46. The SMILES string of the molecule is CC(O)[C@@H]1C(=O)N2C(C(=O)O)=C(SCCNC(=O)OCc3ccc([N+](=O)[O-])cc3)C[C@H]12. The summed E-state index contributed by atoms with van der Waals surface area (Å²) < 4.78 is 5.04. The maximum atomic E-state index is 12.2. The number of ether oxygens (including phenoxy) is 1. The maximum Gasteiger partial charge on any atom is 0.407 e. The summed E-state index contributed by atoms with van der Waals surface area (Å²) in [7, 11) is 0. The number of alkyl carbamates (subject to hydrolysis) is 1. The van der Waals surface area contributed by atoms with Crippen LogP contribution in [0, 0.1) is 16.0 Å². The van der Waals surface area contributed by atoms with Crippen LogP contribution in [-0.2, 0) is 20.9 Å². The standard InChI is InChI=1S/C19H21N3O8S/c1-10(23)15-13-8-14(16(18(25)26)21(13)17(15)24)31-7-6-20-19(27)30-9-11-2-4-12(5-3-11)22(28)29/h2-5,10,13,15,23H,6-9H2,1H3,(H,20,27)(H,25,26)/t10?,13-,15+/m1/s1. The molecule has 1 fully saturated rings. The third kappa shape index (κ3) is 4.80. The average molecular weight is 451 g/mol. The molecule has 0 radical (unpaired) electrons. The van der Waals surface area contributed by atoms with E-state index in [0.717, 1.165) is 0 Å². The number of nitro benzene ring substituents is 1. The fraction of sp³-hybridized carbons (Fsp3) is 0.421. The van der Waals surface area contributed by atoms with Crippen molar-refractivity contribution in [2.45, 2.75) is 32.1 Å². The number of aliphatic hydroxyl groups is 1. The molecule has 0 aliphatic carbocycles. The molecule has 166 valence electrons. The molecule has 31 heavy (non-hydrogen) atoms. The van der Waals surface area contributed by atoms with E-state index in [-0.39, 0.29) is 36.5 Å². The van der Waals surface area contributed by atoms with Gasteiger partial charge >= 0.3 is 12.1 Å². The van der Waals surface area contributed by atoms with Gasteiger partial charge < -0.3 is 25.2 Å². The minimum atomic E-state index is -1.20. The predicted octanol–water partition coefficient (Wildman–Crippen LogP) is 1.46. The highest BCUT2D eigenvalue weighted by atomic mass is 32.2. The molecule has 3 atom stereocenters. The third-order valence-corrected chi connectivity index (χ3v) is 6.17. The number of amides is 2. The van der Waals surface area contributed by atoms with Crippen LogP contribution in [0.2, 0.25) is 0 Å². The van der Waals surface area contributed by atoms with E-state index >= 15 is 0 Å². The number of thioether (sulfide) groups is 1. The highest BCUT2D eigenvalue weighted by molar-refractivity contribution is 8.03. The largest absolute Gasteiger partial charge is 0.477 e. The van der Waals surface area contributed by atoms with E-state index in [1.54, 1.807) is 0 Å².